The summed E-state index contributed by atoms with van der Waals surface area (Å²) in [4.78, 5) is 12.0. The van der Waals surface area contributed by atoms with E-state index in [1.807, 2.05) is 60.7 Å². The van der Waals surface area contributed by atoms with Crippen molar-refractivity contribution >= 4 is 11.7 Å². The molecule has 0 amide bonds. The molecule has 3 aromatic rings. The number of rotatable bonds is 3. The molecular weight excluding hydrogens is 238 g/mol. The fourth-order valence-corrected chi connectivity index (χ4v) is 1.94. The molecule has 0 fully saturated rings. The monoisotopic (exact) mass is 251 g/mol. The number of pyridine rings is 1. The minimum absolute atomic E-state index is 0.117. The van der Waals surface area contributed by atoms with Crippen molar-refractivity contribution in [1.82, 2.24) is 14.2 Å². The Labute approximate surface area is 110 Å². The third-order valence-corrected chi connectivity index (χ3v) is 2.88. The van der Waals surface area contributed by atoms with Gasteiger partial charge in [-0.2, -0.15) is 0 Å². The normalized spacial score (nSPS) is 11.4. The third-order valence-electron chi connectivity index (χ3n) is 2.88. The summed E-state index contributed by atoms with van der Waals surface area (Å²) in [7, 11) is 0. The standard InChI is InChI=1S/C15H13N3O/c19-15-17-11-5-4-10-14(17)16-18(15)12-6-9-13-7-2-1-3-8-13/h1-11H,12H2/b9-6+. The van der Waals surface area contributed by atoms with E-state index in [4.69, 9.17) is 0 Å². The lowest BCUT2D eigenvalue weighted by Gasteiger charge is -1.93. The van der Waals surface area contributed by atoms with Gasteiger partial charge in [-0.25, -0.2) is 9.48 Å². The van der Waals surface area contributed by atoms with E-state index in [0.29, 0.717) is 12.2 Å². The number of allylic oxidation sites excluding steroid dienone is 1. The number of benzene rings is 1. The molecule has 0 saturated carbocycles. The lowest BCUT2D eigenvalue weighted by Crippen LogP contribution is -2.20. The lowest BCUT2D eigenvalue weighted by molar-refractivity contribution is 0.673. The molecule has 0 spiro atoms. The molecule has 0 aliphatic rings. The first kappa shape index (κ1) is 11.5. The molecule has 0 unspecified atom stereocenters. The molecule has 94 valence electrons. The van der Waals surface area contributed by atoms with Crippen molar-refractivity contribution in [2.45, 2.75) is 6.54 Å². The predicted molar refractivity (Wildman–Crippen MR) is 74.9 cm³/mol. The smallest absolute Gasteiger partial charge is 0.250 e. The Bertz CT molecular complexity index is 769. The molecule has 19 heavy (non-hydrogen) atoms. The molecule has 0 radical (unpaired) electrons. The number of hydrogen-bond donors (Lipinski definition) is 0. The highest BCUT2D eigenvalue weighted by molar-refractivity contribution is 5.48. The summed E-state index contributed by atoms with van der Waals surface area (Å²) in [6.45, 7) is 0.468. The van der Waals surface area contributed by atoms with Crippen molar-refractivity contribution in [2.75, 3.05) is 0 Å². The summed E-state index contributed by atoms with van der Waals surface area (Å²) >= 11 is 0. The van der Waals surface area contributed by atoms with Crippen LogP contribution in [0.5, 0.6) is 0 Å². The van der Waals surface area contributed by atoms with E-state index in [1.165, 1.54) is 9.08 Å². The van der Waals surface area contributed by atoms with Gasteiger partial charge in [0.1, 0.15) is 0 Å². The summed E-state index contributed by atoms with van der Waals surface area (Å²) in [5, 5.41) is 4.26. The van der Waals surface area contributed by atoms with Gasteiger partial charge in [0, 0.05) is 6.20 Å². The molecule has 1 aromatic carbocycles. The van der Waals surface area contributed by atoms with Crippen molar-refractivity contribution in [1.29, 1.82) is 0 Å². The Hall–Kier alpha value is -2.62. The molecule has 0 saturated heterocycles. The molecule has 4 nitrogen and oxygen atoms in total. The summed E-state index contributed by atoms with van der Waals surface area (Å²) in [6.07, 6.45) is 5.64. The van der Waals surface area contributed by atoms with Crippen LogP contribution in [0, 0.1) is 0 Å². The average Bonchev–Trinajstić information content (AvgIpc) is 2.78. The molecule has 2 heterocycles. The van der Waals surface area contributed by atoms with Gasteiger partial charge >= 0.3 is 5.69 Å². The topological polar surface area (TPSA) is 39.3 Å². The van der Waals surface area contributed by atoms with Crippen LogP contribution in [0.15, 0.2) is 65.6 Å². The van der Waals surface area contributed by atoms with Gasteiger partial charge in [-0.1, -0.05) is 48.6 Å². The summed E-state index contributed by atoms with van der Waals surface area (Å²) in [5.74, 6) is 0. The first-order valence-electron chi connectivity index (χ1n) is 6.10. The van der Waals surface area contributed by atoms with Gasteiger partial charge in [-0.05, 0) is 17.7 Å². The molecule has 0 N–H and O–H groups in total. The van der Waals surface area contributed by atoms with Crippen molar-refractivity contribution < 1.29 is 0 Å². The van der Waals surface area contributed by atoms with E-state index < -0.39 is 0 Å². The van der Waals surface area contributed by atoms with Gasteiger partial charge in [0.25, 0.3) is 0 Å². The van der Waals surface area contributed by atoms with Crippen molar-refractivity contribution in [3.8, 4) is 0 Å². The van der Waals surface area contributed by atoms with Crippen LogP contribution in [0.25, 0.3) is 11.7 Å². The van der Waals surface area contributed by atoms with Crippen molar-refractivity contribution in [3.05, 3.63) is 76.9 Å². The molecule has 0 bridgehead atoms. The molecule has 0 aliphatic heterocycles. The average molecular weight is 251 g/mol. The van der Waals surface area contributed by atoms with E-state index in [-0.39, 0.29) is 5.69 Å². The maximum Gasteiger partial charge on any atom is 0.350 e. The zero-order valence-electron chi connectivity index (χ0n) is 10.3. The minimum Gasteiger partial charge on any atom is -0.250 e. The third kappa shape index (κ3) is 2.33. The maximum atomic E-state index is 12.0. The Kier molecular flexibility index (Phi) is 2.98. The van der Waals surface area contributed by atoms with E-state index in [1.54, 1.807) is 6.20 Å². The minimum atomic E-state index is -0.117. The first-order valence-corrected chi connectivity index (χ1v) is 6.10. The zero-order valence-corrected chi connectivity index (χ0v) is 10.3. The largest absolute Gasteiger partial charge is 0.350 e. The van der Waals surface area contributed by atoms with Crippen LogP contribution in [0.2, 0.25) is 0 Å². The second-order valence-electron chi connectivity index (χ2n) is 4.21. The van der Waals surface area contributed by atoms with Crippen molar-refractivity contribution in [2.24, 2.45) is 0 Å². The maximum absolute atomic E-state index is 12.0. The number of nitrogens with zero attached hydrogens (tertiary/aromatic N) is 3. The van der Waals surface area contributed by atoms with Gasteiger partial charge in [0.2, 0.25) is 0 Å². The van der Waals surface area contributed by atoms with Gasteiger partial charge in [0.15, 0.2) is 5.65 Å². The fraction of sp³-hybridized carbons (Fsp3) is 0.0667. The van der Waals surface area contributed by atoms with Gasteiger partial charge in [0.05, 0.1) is 6.54 Å². The van der Waals surface area contributed by atoms with Crippen LogP contribution in [0.1, 0.15) is 5.56 Å². The Morgan fingerprint density at radius 1 is 1.05 bits per heavy atom. The van der Waals surface area contributed by atoms with E-state index in [9.17, 15) is 4.79 Å². The molecule has 4 heteroatoms. The van der Waals surface area contributed by atoms with E-state index >= 15 is 0 Å². The molecule has 3 rings (SSSR count). The number of aromatic nitrogens is 3. The second-order valence-corrected chi connectivity index (χ2v) is 4.21. The van der Waals surface area contributed by atoms with Gasteiger partial charge in [-0.3, -0.25) is 4.40 Å². The van der Waals surface area contributed by atoms with Crippen molar-refractivity contribution in [3.63, 3.8) is 0 Å². The van der Waals surface area contributed by atoms with Crippen LogP contribution in [0.4, 0.5) is 0 Å². The highest BCUT2D eigenvalue weighted by Gasteiger charge is 2.03. The highest BCUT2D eigenvalue weighted by atomic mass is 16.2. The van der Waals surface area contributed by atoms with E-state index in [2.05, 4.69) is 5.10 Å². The zero-order chi connectivity index (χ0) is 13.1. The molecule has 2 aromatic heterocycles. The highest BCUT2D eigenvalue weighted by Crippen LogP contribution is 2.01. The molecule has 0 atom stereocenters. The fourth-order valence-electron chi connectivity index (χ4n) is 1.94. The van der Waals surface area contributed by atoms with Crippen LogP contribution in [-0.4, -0.2) is 14.2 Å². The second kappa shape index (κ2) is 4.94. The Morgan fingerprint density at radius 2 is 1.84 bits per heavy atom. The van der Waals surface area contributed by atoms with Gasteiger partial charge in [-0.15, -0.1) is 5.10 Å². The van der Waals surface area contributed by atoms with Crippen LogP contribution >= 0.6 is 0 Å². The lowest BCUT2D eigenvalue weighted by atomic mass is 10.2. The number of hydrogen-bond acceptors (Lipinski definition) is 2. The van der Waals surface area contributed by atoms with Crippen LogP contribution < -0.4 is 5.69 Å². The first-order chi connectivity index (χ1) is 9.34. The number of fused-ring (bicyclic) bond motifs is 1. The summed E-state index contributed by atoms with van der Waals surface area (Å²) < 4.78 is 2.99. The Morgan fingerprint density at radius 3 is 2.63 bits per heavy atom. The SMILES string of the molecule is O=c1n(C/C=C/c2ccccc2)nc2ccccn12. The predicted octanol–water partition coefficient (Wildman–Crippen LogP) is 2.21. The molecule has 0 aliphatic carbocycles. The van der Waals surface area contributed by atoms with Gasteiger partial charge < -0.3 is 0 Å². The Balaban J connectivity index is 1.85. The van der Waals surface area contributed by atoms with Crippen LogP contribution in [-0.2, 0) is 6.54 Å². The quantitative estimate of drug-likeness (QED) is 0.716. The summed E-state index contributed by atoms with van der Waals surface area (Å²) in [6, 6.07) is 15.5. The van der Waals surface area contributed by atoms with Crippen LogP contribution in [0.3, 0.4) is 0 Å². The van der Waals surface area contributed by atoms with E-state index in [0.717, 1.165) is 5.56 Å². The molecular formula is C15H13N3O. The summed E-state index contributed by atoms with van der Waals surface area (Å²) in [5.41, 5.74) is 1.66.